The third-order valence-electron chi connectivity index (χ3n) is 5.35. The van der Waals surface area contributed by atoms with E-state index in [0.29, 0.717) is 16.0 Å². The second-order valence-corrected chi connectivity index (χ2v) is 7.46. The van der Waals surface area contributed by atoms with Crippen molar-refractivity contribution in [3.05, 3.63) is 41.9 Å². The summed E-state index contributed by atoms with van der Waals surface area (Å²) in [4.78, 5) is 12.7. The quantitative estimate of drug-likeness (QED) is 0.601. The predicted molar refractivity (Wildman–Crippen MR) is 105 cm³/mol. The lowest BCUT2D eigenvalue weighted by molar-refractivity contribution is -0.143. The van der Waals surface area contributed by atoms with Gasteiger partial charge in [-0.05, 0) is 37.1 Å². The number of hydrogen-bond donors (Lipinski definition) is 3. The molecular weight excluding hydrogens is 399 g/mol. The number of aryl methyl sites for hydroxylation is 1. The number of amides is 1. The van der Waals surface area contributed by atoms with Crippen LogP contribution in [0.3, 0.4) is 0 Å². The average Bonchev–Trinajstić information content (AvgIpc) is 3.26. The SMILES string of the molecule is Cn1ncc(NC(=O)c2ccc3ccc(N[C@@H]4CCCC[C@@H]4N)nn23)c1C(F)(F)F. The van der Waals surface area contributed by atoms with E-state index >= 15 is 0 Å². The lowest BCUT2D eigenvalue weighted by Gasteiger charge is -2.29. The maximum absolute atomic E-state index is 13.2. The highest BCUT2D eigenvalue weighted by atomic mass is 19.4. The maximum Gasteiger partial charge on any atom is 0.435 e. The van der Waals surface area contributed by atoms with E-state index in [1.807, 2.05) is 0 Å². The number of nitrogens with zero attached hydrogens (tertiary/aromatic N) is 4. The van der Waals surface area contributed by atoms with Crippen LogP contribution in [-0.4, -0.2) is 37.4 Å². The van der Waals surface area contributed by atoms with Gasteiger partial charge in [0.05, 0.1) is 17.4 Å². The van der Waals surface area contributed by atoms with Crippen molar-refractivity contribution in [2.24, 2.45) is 12.8 Å². The Balaban J connectivity index is 1.59. The molecule has 1 aliphatic carbocycles. The summed E-state index contributed by atoms with van der Waals surface area (Å²) in [6.45, 7) is 0. The fourth-order valence-electron chi connectivity index (χ4n) is 3.82. The molecule has 3 aromatic heterocycles. The summed E-state index contributed by atoms with van der Waals surface area (Å²) in [5.74, 6) is -0.167. The highest BCUT2D eigenvalue weighted by molar-refractivity contribution is 6.04. The number of fused-ring (bicyclic) bond motifs is 1. The summed E-state index contributed by atoms with van der Waals surface area (Å²) in [5, 5.41) is 13.7. The van der Waals surface area contributed by atoms with Gasteiger partial charge in [0.1, 0.15) is 11.5 Å². The third kappa shape index (κ3) is 3.84. The first-order valence-electron chi connectivity index (χ1n) is 9.65. The van der Waals surface area contributed by atoms with Crippen molar-refractivity contribution in [1.29, 1.82) is 0 Å². The van der Waals surface area contributed by atoms with E-state index in [-0.39, 0.29) is 17.8 Å². The Morgan fingerprint density at radius 1 is 1.20 bits per heavy atom. The van der Waals surface area contributed by atoms with E-state index in [4.69, 9.17) is 5.73 Å². The Labute approximate surface area is 170 Å². The predicted octanol–water partition coefficient (Wildman–Crippen LogP) is 3.02. The molecule has 1 fully saturated rings. The molecule has 1 saturated carbocycles. The Morgan fingerprint density at radius 2 is 1.93 bits per heavy atom. The molecule has 3 heterocycles. The summed E-state index contributed by atoms with van der Waals surface area (Å²) >= 11 is 0. The fourth-order valence-corrected chi connectivity index (χ4v) is 3.82. The lowest BCUT2D eigenvalue weighted by Crippen LogP contribution is -2.42. The number of anilines is 2. The van der Waals surface area contributed by atoms with Gasteiger partial charge >= 0.3 is 6.18 Å². The minimum atomic E-state index is -4.65. The first-order chi connectivity index (χ1) is 14.2. The molecule has 4 N–H and O–H groups in total. The van der Waals surface area contributed by atoms with E-state index in [1.165, 1.54) is 17.6 Å². The average molecular weight is 421 g/mol. The number of halogens is 3. The first-order valence-corrected chi connectivity index (χ1v) is 9.65. The van der Waals surface area contributed by atoms with Gasteiger partial charge in [0, 0.05) is 19.1 Å². The van der Waals surface area contributed by atoms with Crippen molar-refractivity contribution >= 4 is 22.9 Å². The van der Waals surface area contributed by atoms with E-state index < -0.39 is 23.5 Å². The Bertz CT molecular complexity index is 1070. The number of nitrogens with one attached hydrogen (secondary N) is 2. The first kappa shape index (κ1) is 20.2. The van der Waals surface area contributed by atoms with E-state index in [0.717, 1.165) is 31.9 Å². The summed E-state index contributed by atoms with van der Waals surface area (Å²) in [5.41, 5.74) is 5.48. The van der Waals surface area contributed by atoms with Crippen LogP contribution in [0.2, 0.25) is 0 Å². The van der Waals surface area contributed by atoms with Gasteiger partial charge in [-0.3, -0.25) is 9.48 Å². The molecule has 2 atom stereocenters. The molecule has 3 aromatic rings. The van der Waals surface area contributed by atoms with Crippen LogP contribution in [0.25, 0.3) is 5.52 Å². The number of alkyl halides is 3. The van der Waals surface area contributed by atoms with E-state index in [9.17, 15) is 18.0 Å². The van der Waals surface area contributed by atoms with Gasteiger partial charge in [-0.15, -0.1) is 5.10 Å². The van der Waals surface area contributed by atoms with Gasteiger partial charge in [-0.2, -0.15) is 18.3 Å². The van der Waals surface area contributed by atoms with Crippen LogP contribution in [0.4, 0.5) is 24.7 Å². The second-order valence-electron chi connectivity index (χ2n) is 7.46. The third-order valence-corrected chi connectivity index (χ3v) is 5.35. The van der Waals surface area contributed by atoms with E-state index in [2.05, 4.69) is 20.8 Å². The van der Waals surface area contributed by atoms with Crippen LogP contribution >= 0.6 is 0 Å². The standard InChI is InChI=1S/C19H22F3N7O/c1-28-17(19(20,21)22)14(10-24-28)26-18(30)15-8-6-11-7-9-16(27-29(11)15)25-13-5-3-2-4-12(13)23/h6-10,12-13H,2-5,23H2,1H3,(H,25,27)(H,26,30)/t12-,13+/m0/s1. The van der Waals surface area contributed by atoms with Gasteiger partial charge in [0.2, 0.25) is 0 Å². The topological polar surface area (TPSA) is 102 Å². The van der Waals surface area contributed by atoms with Crippen LogP contribution in [-0.2, 0) is 13.2 Å². The normalized spacial score (nSPS) is 19.8. The molecule has 0 bridgehead atoms. The van der Waals surface area contributed by atoms with Crippen LogP contribution in [0, 0.1) is 0 Å². The molecule has 160 valence electrons. The van der Waals surface area contributed by atoms with Crippen molar-refractivity contribution in [2.45, 2.75) is 43.9 Å². The minimum Gasteiger partial charge on any atom is -0.364 e. The molecule has 0 aliphatic heterocycles. The summed E-state index contributed by atoms with van der Waals surface area (Å²) in [6.07, 6.45) is 0.370. The van der Waals surface area contributed by atoms with Gasteiger partial charge < -0.3 is 16.4 Å². The maximum atomic E-state index is 13.2. The second kappa shape index (κ2) is 7.63. The Morgan fingerprint density at radius 3 is 2.67 bits per heavy atom. The zero-order chi connectivity index (χ0) is 21.5. The Hall–Kier alpha value is -3.08. The number of aromatic nitrogens is 4. The summed E-state index contributed by atoms with van der Waals surface area (Å²) in [6, 6.07) is 6.87. The molecule has 0 spiro atoms. The molecule has 0 unspecified atom stereocenters. The molecule has 0 saturated heterocycles. The smallest absolute Gasteiger partial charge is 0.364 e. The number of carbonyl (C=O) groups is 1. The molecule has 1 amide bonds. The molecule has 1 aliphatic rings. The van der Waals surface area contributed by atoms with Gasteiger partial charge in [-0.1, -0.05) is 12.8 Å². The summed E-state index contributed by atoms with van der Waals surface area (Å²) in [7, 11) is 1.17. The zero-order valence-electron chi connectivity index (χ0n) is 16.3. The van der Waals surface area contributed by atoms with Crippen molar-refractivity contribution < 1.29 is 18.0 Å². The molecular formula is C19H22F3N7O. The van der Waals surface area contributed by atoms with Crippen molar-refractivity contribution in [2.75, 3.05) is 10.6 Å². The molecule has 0 aromatic carbocycles. The fraction of sp³-hybridized carbons (Fsp3) is 0.421. The van der Waals surface area contributed by atoms with Crippen molar-refractivity contribution in [1.82, 2.24) is 19.4 Å². The minimum absolute atomic E-state index is 0.0232. The van der Waals surface area contributed by atoms with Crippen LogP contribution in [0.1, 0.15) is 41.9 Å². The van der Waals surface area contributed by atoms with Crippen LogP contribution in [0.5, 0.6) is 0 Å². The molecule has 8 nitrogen and oxygen atoms in total. The molecule has 0 radical (unpaired) electrons. The van der Waals surface area contributed by atoms with Crippen molar-refractivity contribution in [3.63, 3.8) is 0 Å². The molecule has 30 heavy (non-hydrogen) atoms. The number of rotatable bonds is 4. The highest BCUT2D eigenvalue weighted by Gasteiger charge is 2.38. The highest BCUT2D eigenvalue weighted by Crippen LogP contribution is 2.34. The Kier molecular flexibility index (Phi) is 5.14. The molecule has 11 heteroatoms. The lowest BCUT2D eigenvalue weighted by atomic mass is 9.91. The van der Waals surface area contributed by atoms with Gasteiger partial charge in [0.25, 0.3) is 5.91 Å². The molecule has 4 rings (SSSR count). The van der Waals surface area contributed by atoms with Gasteiger partial charge in [0.15, 0.2) is 5.69 Å². The van der Waals surface area contributed by atoms with Crippen molar-refractivity contribution in [3.8, 4) is 0 Å². The van der Waals surface area contributed by atoms with Crippen LogP contribution in [0.15, 0.2) is 30.5 Å². The zero-order valence-corrected chi connectivity index (χ0v) is 16.3. The van der Waals surface area contributed by atoms with Crippen LogP contribution < -0.4 is 16.4 Å². The number of hydrogen-bond acceptors (Lipinski definition) is 5. The van der Waals surface area contributed by atoms with E-state index in [1.54, 1.807) is 18.2 Å². The van der Waals surface area contributed by atoms with Gasteiger partial charge in [-0.25, -0.2) is 4.52 Å². The number of carbonyl (C=O) groups excluding carboxylic acids is 1. The summed E-state index contributed by atoms with van der Waals surface area (Å²) < 4.78 is 41.8. The monoisotopic (exact) mass is 421 g/mol. The largest absolute Gasteiger partial charge is 0.435 e. The number of nitrogens with two attached hydrogens (primary N) is 1.